The van der Waals surface area contributed by atoms with Crippen LogP contribution < -0.4 is 0 Å². The van der Waals surface area contributed by atoms with Gasteiger partial charge in [-0.15, -0.1) is 0 Å². The highest BCUT2D eigenvalue weighted by molar-refractivity contribution is 5.79. The minimum atomic E-state index is 0.895. The predicted molar refractivity (Wildman–Crippen MR) is 63.6 cm³/mol. The molecule has 1 N–H and O–H groups in total. The molecule has 0 unspecified atom stereocenters. The zero-order valence-electron chi connectivity index (χ0n) is 8.48. The minimum absolute atomic E-state index is 0.895. The van der Waals surface area contributed by atoms with Crippen LogP contribution in [0, 0.1) is 5.41 Å². The molecule has 0 radical (unpaired) electrons. The number of rotatable bonds is 3. The van der Waals surface area contributed by atoms with Crippen LogP contribution in [0.3, 0.4) is 0 Å². The van der Waals surface area contributed by atoms with Crippen molar-refractivity contribution >= 4 is 6.21 Å². The van der Waals surface area contributed by atoms with E-state index in [9.17, 15) is 0 Å². The second-order valence-electron chi connectivity index (χ2n) is 3.51. The molecule has 0 aliphatic rings. The summed E-state index contributed by atoms with van der Waals surface area (Å²) in [7, 11) is 0. The Hall–Kier alpha value is -1.89. The third kappa shape index (κ3) is 2.32. The fraction of sp³-hybridized carbons (Fsp3) is 0.0714. The molecule has 0 aliphatic heterocycles. The van der Waals surface area contributed by atoms with Gasteiger partial charge in [-0.05, 0) is 23.1 Å². The first kappa shape index (κ1) is 9.66. The molecule has 0 saturated heterocycles. The lowest BCUT2D eigenvalue weighted by atomic mass is 10.0. The van der Waals surface area contributed by atoms with E-state index in [1.54, 1.807) is 0 Å². The SMILES string of the molecule is N=Cc1ccccc1Cc1ccccc1. The summed E-state index contributed by atoms with van der Waals surface area (Å²) in [5.41, 5.74) is 3.49. The molecule has 0 aromatic heterocycles. The van der Waals surface area contributed by atoms with Crippen molar-refractivity contribution in [3.63, 3.8) is 0 Å². The summed E-state index contributed by atoms with van der Waals surface area (Å²) in [6.07, 6.45) is 2.31. The molecule has 1 heteroatoms. The third-order valence-corrected chi connectivity index (χ3v) is 2.45. The first-order valence-electron chi connectivity index (χ1n) is 5.02. The molecule has 0 heterocycles. The van der Waals surface area contributed by atoms with Crippen molar-refractivity contribution in [1.82, 2.24) is 0 Å². The molecule has 15 heavy (non-hydrogen) atoms. The van der Waals surface area contributed by atoms with Crippen LogP contribution >= 0.6 is 0 Å². The maximum Gasteiger partial charge on any atom is 0.0253 e. The van der Waals surface area contributed by atoms with E-state index < -0.39 is 0 Å². The van der Waals surface area contributed by atoms with Crippen molar-refractivity contribution < 1.29 is 0 Å². The van der Waals surface area contributed by atoms with Gasteiger partial charge in [0.1, 0.15) is 0 Å². The van der Waals surface area contributed by atoms with Crippen LogP contribution in [0.4, 0.5) is 0 Å². The molecule has 0 fully saturated rings. The Morgan fingerprint density at radius 2 is 1.53 bits per heavy atom. The second kappa shape index (κ2) is 4.56. The average Bonchev–Trinajstić information content (AvgIpc) is 2.31. The maximum absolute atomic E-state index is 7.33. The van der Waals surface area contributed by atoms with Gasteiger partial charge in [-0.2, -0.15) is 0 Å². The van der Waals surface area contributed by atoms with E-state index in [0.717, 1.165) is 12.0 Å². The summed E-state index contributed by atoms with van der Waals surface area (Å²) in [6, 6.07) is 18.4. The van der Waals surface area contributed by atoms with Gasteiger partial charge >= 0.3 is 0 Å². The van der Waals surface area contributed by atoms with Crippen LogP contribution in [-0.4, -0.2) is 6.21 Å². The van der Waals surface area contributed by atoms with Gasteiger partial charge in [0.25, 0.3) is 0 Å². The first-order chi connectivity index (χ1) is 7.40. The van der Waals surface area contributed by atoms with Crippen molar-refractivity contribution in [2.24, 2.45) is 0 Å². The Balaban J connectivity index is 2.28. The number of benzene rings is 2. The van der Waals surface area contributed by atoms with Crippen LogP contribution in [0.15, 0.2) is 54.6 Å². The predicted octanol–water partition coefficient (Wildman–Crippen LogP) is 3.28. The van der Waals surface area contributed by atoms with Crippen LogP contribution in [0.5, 0.6) is 0 Å². The Morgan fingerprint density at radius 3 is 2.27 bits per heavy atom. The Labute approximate surface area is 89.9 Å². The van der Waals surface area contributed by atoms with Gasteiger partial charge < -0.3 is 5.41 Å². The van der Waals surface area contributed by atoms with Crippen LogP contribution in [0.25, 0.3) is 0 Å². The maximum atomic E-state index is 7.33. The summed E-state index contributed by atoms with van der Waals surface area (Å²) in [6.45, 7) is 0. The smallest absolute Gasteiger partial charge is 0.0253 e. The highest BCUT2D eigenvalue weighted by Gasteiger charge is 1.99. The molecule has 0 amide bonds. The standard InChI is InChI=1S/C14H13N/c15-11-14-9-5-4-8-13(14)10-12-6-2-1-3-7-12/h1-9,11,15H,10H2. The lowest BCUT2D eigenvalue weighted by molar-refractivity contribution is 1.19. The zero-order valence-corrected chi connectivity index (χ0v) is 8.48. The van der Waals surface area contributed by atoms with Crippen LogP contribution in [0.1, 0.15) is 16.7 Å². The van der Waals surface area contributed by atoms with E-state index in [-0.39, 0.29) is 0 Å². The van der Waals surface area contributed by atoms with E-state index in [4.69, 9.17) is 5.41 Å². The van der Waals surface area contributed by atoms with E-state index in [2.05, 4.69) is 18.2 Å². The third-order valence-electron chi connectivity index (χ3n) is 2.45. The lowest BCUT2D eigenvalue weighted by Crippen LogP contribution is -1.93. The van der Waals surface area contributed by atoms with Crippen molar-refractivity contribution in [3.8, 4) is 0 Å². The lowest BCUT2D eigenvalue weighted by Gasteiger charge is -2.04. The number of hydrogen-bond donors (Lipinski definition) is 1. The molecular formula is C14H13N. The molecule has 2 rings (SSSR count). The summed E-state index contributed by atoms with van der Waals surface area (Å²) >= 11 is 0. The Morgan fingerprint density at radius 1 is 0.867 bits per heavy atom. The van der Waals surface area contributed by atoms with Gasteiger partial charge in [0.05, 0.1) is 0 Å². The molecular weight excluding hydrogens is 182 g/mol. The summed E-state index contributed by atoms with van der Waals surface area (Å²) < 4.78 is 0. The first-order valence-corrected chi connectivity index (χ1v) is 5.02. The van der Waals surface area contributed by atoms with Gasteiger partial charge in [0.15, 0.2) is 0 Å². The molecule has 74 valence electrons. The number of hydrogen-bond acceptors (Lipinski definition) is 1. The molecule has 0 atom stereocenters. The fourth-order valence-corrected chi connectivity index (χ4v) is 1.65. The van der Waals surface area contributed by atoms with Crippen LogP contribution in [0.2, 0.25) is 0 Å². The molecule has 2 aromatic rings. The van der Waals surface area contributed by atoms with Gasteiger partial charge in [-0.1, -0.05) is 54.6 Å². The molecule has 0 bridgehead atoms. The monoisotopic (exact) mass is 195 g/mol. The number of nitrogens with one attached hydrogen (secondary N) is 1. The van der Waals surface area contributed by atoms with Gasteiger partial charge in [-0.25, -0.2) is 0 Å². The quantitative estimate of drug-likeness (QED) is 0.727. The summed E-state index contributed by atoms with van der Waals surface area (Å²) in [5, 5.41) is 7.33. The van der Waals surface area contributed by atoms with Gasteiger partial charge in [0.2, 0.25) is 0 Å². The molecule has 0 saturated carbocycles. The highest BCUT2D eigenvalue weighted by Crippen LogP contribution is 2.12. The second-order valence-corrected chi connectivity index (χ2v) is 3.51. The topological polar surface area (TPSA) is 23.9 Å². The van der Waals surface area contributed by atoms with Gasteiger partial charge in [-0.3, -0.25) is 0 Å². The fourth-order valence-electron chi connectivity index (χ4n) is 1.65. The molecule has 0 aliphatic carbocycles. The van der Waals surface area contributed by atoms with E-state index in [1.807, 2.05) is 36.4 Å². The minimum Gasteiger partial charge on any atom is -0.308 e. The van der Waals surface area contributed by atoms with Crippen molar-refractivity contribution in [1.29, 1.82) is 5.41 Å². The molecule has 2 aromatic carbocycles. The highest BCUT2D eigenvalue weighted by atomic mass is 14.3. The zero-order chi connectivity index (χ0) is 10.5. The van der Waals surface area contributed by atoms with Crippen molar-refractivity contribution in [3.05, 3.63) is 71.3 Å². The normalized spacial score (nSPS) is 9.87. The van der Waals surface area contributed by atoms with Crippen LogP contribution in [-0.2, 0) is 6.42 Å². The van der Waals surface area contributed by atoms with E-state index in [1.165, 1.54) is 17.3 Å². The summed E-state index contributed by atoms with van der Waals surface area (Å²) in [5.74, 6) is 0. The Bertz CT molecular complexity index is 446. The van der Waals surface area contributed by atoms with Gasteiger partial charge in [0, 0.05) is 6.21 Å². The van der Waals surface area contributed by atoms with E-state index >= 15 is 0 Å². The average molecular weight is 195 g/mol. The molecule has 1 nitrogen and oxygen atoms in total. The van der Waals surface area contributed by atoms with Crippen molar-refractivity contribution in [2.45, 2.75) is 6.42 Å². The largest absolute Gasteiger partial charge is 0.308 e. The molecule has 0 spiro atoms. The summed E-state index contributed by atoms with van der Waals surface area (Å²) in [4.78, 5) is 0. The van der Waals surface area contributed by atoms with E-state index in [0.29, 0.717) is 0 Å². The van der Waals surface area contributed by atoms with Crippen molar-refractivity contribution in [2.75, 3.05) is 0 Å². The Kier molecular flexibility index (Phi) is 2.93.